The Balaban J connectivity index is 4.37. The highest BCUT2D eigenvalue weighted by atomic mass is 31.2. The Labute approximate surface area is 320 Å². The van der Waals surface area contributed by atoms with Gasteiger partial charge in [-0.2, -0.15) is 0 Å². The minimum atomic E-state index is -4.37. The predicted octanol–water partition coefficient (Wildman–Crippen LogP) is 11.8. The largest absolute Gasteiger partial charge is 0.472 e. The molecule has 0 aromatic heterocycles. The van der Waals surface area contributed by atoms with Gasteiger partial charge in [-0.1, -0.05) is 154 Å². The van der Waals surface area contributed by atoms with Crippen LogP contribution in [-0.4, -0.2) is 74.9 Å². The number of nitrogens with zero attached hydrogens (tertiary/aromatic N) is 1. The zero-order chi connectivity index (χ0) is 38.6. The highest BCUT2D eigenvalue weighted by molar-refractivity contribution is 7.47. The van der Waals surface area contributed by atoms with E-state index < -0.39 is 26.5 Å². The van der Waals surface area contributed by atoms with E-state index >= 15 is 0 Å². The van der Waals surface area contributed by atoms with Crippen molar-refractivity contribution in [1.82, 2.24) is 0 Å². The molecular formula is C42H83NO8P+. The van der Waals surface area contributed by atoms with Crippen LogP contribution in [0.3, 0.4) is 0 Å². The monoisotopic (exact) mass is 761 g/mol. The number of likely N-dealkylation sites (N-methyl/N-ethyl adjacent to an activating group) is 1. The van der Waals surface area contributed by atoms with E-state index in [0.717, 1.165) is 44.9 Å². The minimum Gasteiger partial charge on any atom is -0.462 e. The number of rotatable bonds is 39. The number of hydrogen-bond acceptors (Lipinski definition) is 7. The fourth-order valence-corrected chi connectivity index (χ4v) is 6.63. The third-order valence-corrected chi connectivity index (χ3v) is 10.3. The molecule has 10 heteroatoms. The molecule has 0 fully saturated rings. The molecule has 0 aliphatic heterocycles. The topological polar surface area (TPSA) is 108 Å². The first kappa shape index (κ1) is 50.8. The summed E-state index contributed by atoms with van der Waals surface area (Å²) in [6.45, 7) is 4.42. The summed E-state index contributed by atoms with van der Waals surface area (Å²) in [6, 6.07) is 0. The quantitative estimate of drug-likeness (QED) is 0.0217. The summed E-state index contributed by atoms with van der Waals surface area (Å²) >= 11 is 0. The number of allylic oxidation sites excluding steroid dienone is 2. The number of unbranched alkanes of at least 4 members (excludes halogenated alkanes) is 23. The smallest absolute Gasteiger partial charge is 0.462 e. The second-order valence-electron chi connectivity index (χ2n) is 15.7. The Hall–Kier alpha value is -1.25. The van der Waals surface area contributed by atoms with Gasteiger partial charge in [0, 0.05) is 12.8 Å². The van der Waals surface area contributed by atoms with Gasteiger partial charge in [0.15, 0.2) is 6.10 Å². The lowest BCUT2D eigenvalue weighted by Gasteiger charge is -2.24. The molecule has 1 unspecified atom stereocenters. The van der Waals surface area contributed by atoms with Crippen molar-refractivity contribution in [3.8, 4) is 0 Å². The second kappa shape index (κ2) is 35.5. The molecule has 0 bridgehead atoms. The van der Waals surface area contributed by atoms with E-state index in [9.17, 15) is 19.0 Å². The third kappa shape index (κ3) is 38.5. The highest BCUT2D eigenvalue weighted by Gasteiger charge is 2.27. The molecule has 0 aliphatic carbocycles. The van der Waals surface area contributed by atoms with Crippen molar-refractivity contribution < 1.29 is 42.1 Å². The summed E-state index contributed by atoms with van der Waals surface area (Å²) in [5, 5.41) is 0. The van der Waals surface area contributed by atoms with E-state index in [0.29, 0.717) is 17.4 Å². The third-order valence-electron chi connectivity index (χ3n) is 9.30. The molecule has 1 N–H and O–H groups in total. The number of hydrogen-bond donors (Lipinski definition) is 1. The second-order valence-corrected chi connectivity index (χ2v) is 17.2. The van der Waals surface area contributed by atoms with Gasteiger partial charge in [0.2, 0.25) is 0 Å². The van der Waals surface area contributed by atoms with E-state index in [2.05, 4.69) is 26.0 Å². The van der Waals surface area contributed by atoms with Crippen LogP contribution in [0.2, 0.25) is 0 Å². The van der Waals surface area contributed by atoms with Crippen molar-refractivity contribution in [3.63, 3.8) is 0 Å². The van der Waals surface area contributed by atoms with Gasteiger partial charge in [0.05, 0.1) is 27.7 Å². The molecule has 0 saturated carbocycles. The average Bonchev–Trinajstić information content (AvgIpc) is 3.09. The fraction of sp³-hybridized carbons (Fsp3) is 0.905. The summed E-state index contributed by atoms with van der Waals surface area (Å²) in [5.74, 6) is -0.804. The zero-order valence-corrected chi connectivity index (χ0v) is 35.5. The fourth-order valence-electron chi connectivity index (χ4n) is 5.89. The maximum absolute atomic E-state index is 12.6. The normalized spacial score (nSPS) is 13.7. The maximum atomic E-state index is 12.6. The molecule has 52 heavy (non-hydrogen) atoms. The van der Waals surface area contributed by atoms with Crippen molar-refractivity contribution >= 4 is 19.8 Å². The van der Waals surface area contributed by atoms with E-state index in [-0.39, 0.29) is 32.0 Å². The molecule has 0 heterocycles. The molecular weight excluding hydrogens is 677 g/mol. The van der Waals surface area contributed by atoms with Crippen molar-refractivity contribution in [2.75, 3.05) is 47.5 Å². The Bertz CT molecular complexity index is 907. The van der Waals surface area contributed by atoms with Crippen molar-refractivity contribution in [2.24, 2.45) is 0 Å². The number of carbonyl (C=O) groups is 2. The summed E-state index contributed by atoms with van der Waals surface area (Å²) < 4.78 is 34.2. The lowest BCUT2D eigenvalue weighted by atomic mass is 10.0. The summed E-state index contributed by atoms with van der Waals surface area (Å²) in [6.07, 6.45) is 35.4. The molecule has 308 valence electrons. The Morgan fingerprint density at radius 2 is 0.981 bits per heavy atom. The van der Waals surface area contributed by atoms with Gasteiger partial charge >= 0.3 is 19.8 Å². The number of esters is 2. The first-order valence-electron chi connectivity index (χ1n) is 21.4. The number of phosphoric acid groups is 1. The SMILES string of the molecule is CCCCCCCCC/C=C\CCCCCCC(=O)OC[C@H](COP(=O)(O)OCC[N+](C)(C)C)OC(=O)CCCCCCCCCCCCCCC. The van der Waals surface area contributed by atoms with Crippen LogP contribution >= 0.6 is 7.82 Å². The van der Waals surface area contributed by atoms with Gasteiger partial charge in [-0.15, -0.1) is 0 Å². The van der Waals surface area contributed by atoms with E-state index in [1.165, 1.54) is 116 Å². The zero-order valence-electron chi connectivity index (χ0n) is 34.6. The molecule has 0 aliphatic rings. The van der Waals surface area contributed by atoms with Crippen LogP contribution in [0.25, 0.3) is 0 Å². The molecule has 0 amide bonds. The molecule has 0 aromatic rings. The van der Waals surface area contributed by atoms with E-state index in [1.807, 2.05) is 21.1 Å². The van der Waals surface area contributed by atoms with Gasteiger partial charge < -0.3 is 18.9 Å². The molecule has 0 radical (unpaired) electrons. The summed E-state index contributed by atoms with van der Waals surface area (Å²) in [5.41, 5.74) is 0. The van der Waals surface area contributed by atoms with Gasteiger partial charge in [-0.3, -0.25) is 18.6 Å². The van der Waals surface area contributed by atoms with E-state index in [4.69, 9.17) is 18.5 Å². The first-order chi connectivity index (χ1) is 25.0. The van der Waals surface area contributed by atoms with Gasteiger partial charge in [-0.25, -0.2) is 4.57 Å². The van der Waals surface area contributed by atoms with Crippen molar-refractivity contribution in [1.29, 1.82) is 0 Å². The van der Waals surface area contributed by atoms with Gasteiger partial charge in [0.1, 0.15) is 19.8 Å². The number of carbonyl (C=O) groups excluding carboxylic acids is 2. The van der Waals surface area contributed by atoms with Crippen LogP contribution < -0.4 is 0 Å². The van der Waals surface area contributed by atoms with Crippen LogP contribution in [0, 0.1) is 0 Å². The van der Waals surface area contributed by atoms with Crippen LogP contribution in [0.4, 0.5) is 0 Å². The number of phosphoric ester groups is 1. The van der Waals surface area contributed by atoms with Crippen molar-refractivity contribution in [3.05, 3.63) is 12.2 Å². The lowest BCUT2D eigenvalue weighted by Crippen LogP contribution is -2.37. The van der Waals surface area contributed by atoms with Crippen LogP contribution in [0.5, 0.6) is 0 Å². The van der Waals surface area contributed by atoms with Crippen LogP contribution in [0.1, 0.15) is 194 Å². The Kier molecular flexibility index (Phi) is 34.6. The Morgan fingerprint density at radius 1 is 0.577 bits per heavy atom. The summed E-state index contributed by atoms with van der Waals surface area (Å²) in [7, 11) is 1.48. The number of ether oxygens (including phenoxy) is 2. The maximum Gasteiger partial charge on any atom is 0.472 e. The lowest BCUT2D eigenvalue weighted by molar-refractivity contribution is -0.870. The Morgan fingerprint density at radius 3 is 1.42 bits per heavy atom. The van der Waals surface area contributed by atoms with Gasteiger partial charge in [-0.05, 0) is 38.5 Å². The average molecular weight is 761 g/mol. The molecule has 2 atom stereocenters. The van der Waals surface area contributed by atoms with Crippen LogP contribution in [-0.2, 0) is 32.7 Å². The highest BCUT2D eigenvalue weighted by Crippen LogP contribution is 2.43. The first-order valence-corrected chi connectivity index (χ1v) is 22.9. The van der Waals surface area contributed by atoms with Crippen LogP contribution in [0.15, 0.2) is 12.2 Å². The molecule has 0 aromatic carbocycles. The van der Waals surface area contributed by atoms with E-state index in [1.54, 1.807) is 0 Å². The predicted molar refractivity (Wildman–Crippen MR) is 215 cm³/mol. The molecule has 0 saturated heterocycles. The molecule has 0 spiro atoms. The molecule has 9 nitrogen and oxygen atoms in total. The standard InChI is InChI=1S/C42H82NO8P/c1-6-8-10-12-14-16-18-20-21-23-24-26-28-30-32-34-41(44)48-38-40(39-50-52(46,47)49-37-36-43(3,4)5)51-42(45)35-33-31-29-27-25-22-19-17-15-13-11-9-7-2/h21,23,40H,6-20,22,24-39H2,1-5H3/p+1/b23-21-/t40-/m1/s1. The molecule has 0 rings (SSSR count). The summed E-state index contributed by atoms with van der Waals surface area (Å²) in [4.78, 5) is 35.3. The minimum absolute atomic E-state index is 0.0330. The van der Waals surface area contributed by atoms with Gasteiger partial charge in [0.25, 0.3) is 0 Å². The number of quaternary nitrogens is 1. The van der Waals surface area contributed by atoms with Crippen molar-refractivity contribution in [2.45, 2.75) is 200 Å².